The maximum atomic E-state index is 13.0. The highest BCUT2D eigenvalue weighted by Gasteiger charge is 2.33. The molecule has 2 N–H and O–H groups in total. The summed E-state index contributed by atoms with van der Waals surface area (Å²) in [5.74, 6) is -0.389. The van der Waals surface area contributed by atoms with Crippen LogP contribution in [0.2, 0.25) is 0 Å². The second-order valence-electron chi connectivity index (χ2n) is 8.19. The highest BCUT2D eigenvalue weighted by Crippen LogP contribution is 2.17. The number of carbonyl (C=O) groups is 2. The molecule has 2 unspecified atom stereocenters. The average Bonchev–Trinajstić information content (AvgIpc) is 2.77. The summed E-state index contributed by atoms with van der Waals surface area (Å²) in [7, 11) is 0. The summed E-state index contributed by atoms with van der Waals surface area (Å²) < 4.78 is 11.3. The molecule has 32 heavy (non-hydrogen) atoms. The van der Waals surface area contributed by atoms with E-state index < -0.39 is 23.8 Å². The van der Waals surface area contributed by atoms with E-state index in [-0.39, 0.29) is 18.9 Å². The zero-order valence-corrected chi connectivity index (χ0v) is 18.8. The minimum absolute atomic E-state index is 0.0554. The number of hydrogen-bond donors (Lipinski definition) is 2. The predicted molar refractivity (Wildman–Crippen MR) is 121 cm³/mol. The summed E-state index contributed by atoms with van der Waals surface area (Å²) in [6.45, 7) is 6.03. The van der Waals surface area contributed by atoms with Crippen LogP contribution in [-0.4, -0.2) is 23.8 Å². The SMILES string of the molecule is CC(C)CC(OC(=O)NCc1ccccc1)C(=O)NC(C)(CC#N)OCc1ccccc1. The van der Waals surface area contributed by atoms with Gasteiger partial charge in [-0.15, -0.1) is 0 Å². The quantitative estimate of drug-likeness (QED) is 0.511. The molecule has 2 amide bonds. The topological polar surface area (TPSA) is 100 Å². The molecule has 0 fully saturated rings. The Morgan fingerprint density at radius 3 is 2.19 bits per heavy atom. The third-order valence-electron chi connectivity index (χ3n) is 4.71. The summed E-state index contributed by atoms with van der Waals surface area (Å²) in [5.41, 5.74) is 0.618. The van der Waals surface area contributed by atoms with Gasteiger partial charge in [-0.25, -0.2) is 4.79 Å². The van der Waals surface area contributed by atoms with Crippen molar-refractivity contribution in [1.82, 2.24) is 10.6 Å². The first kappa shape index (κ1) is 24.9. The molecule has 0 spiro atoms. The number of nitriles is 1. The molecular formula is C25H31N3O4. The van der Waals surface area contributed by atoms with E-state index >= 15 is 0 Å². The van der Waals surface area contributed by atoms with E-state index in [1.165, 1.54) is 0 Å². The van der Waals surface area contributed by atoms with Crippen LogP contribution in [0.3, 0.4) is 0 Å². The molecule has 7 nitrogen and oxygen atoms in total. The number of nitrogens with zero attached hydrogens (tertiary/aromatic N) is 1. The molecule has 0 saturated heterocycles. The zero-order valence-electron chi connectivity index (χ0n) is 18.8. The number of amides is 2. The fraction of sp³-hybridized carbons (Fsp3) is 0.400. The first-order valence-corrected chi connectivity index (χ1v) is 10.7. The number of rotatable bonds is 11. The van der Waals surface area contributed by atoms with Gasteiger partial charge in [0.2, 0.25) is 0 Å². The van der Waals surface area contributed by atoms with Gasteiger partial charge in [0.1, 0.15) is 0 Å². The number of alkyl carbamates (subject to hydrolysis) is 1. The molecule has 0 heterocycles. The Kier molecular flexibility index (Phi) is 9.71. The van der Waals surface area contributed by atoms with Gasteiger partial charge in [0.05, 0.1) is 19.1 Å². The van der Waals surface area contributed by atoms with Crippen molar-refractivity contribution in [3.8, 4) is 6.07 Å². The van der Waals surface area contributed by atoms with E-state index in [0.29, 0.717) is 13.0 Å². The van der Waals surface area contributed by atoms with Crippen molar-refractivity contribution in [2.24, 2.45) is 5.92 Å². The number of hydrogen-bond acceptors (Lipinski definition) is 5. The van der Waals surface area contributed by atoms with Crippen LogP contribution in [0.4, 0.5) is 4.79 Å². The van der Waals surface area contributed by atoms with Crippen LogP contribution in [0, 0.1) is 17.2 Å². The van der Waals surface area contributed by atoms with Gasteiger partial charge >= 0.3 is 6.09 Å². The highest BCUT2D eigenvalue weighted by molar-refractivity contribution is 5.84. The van der Waals surface area contributed by atoms with Gasteiger partial charge in [-0.1, -0.05) is 74.5 Å². The Balaban J connectivity index is 2.00. The minimum atomic E-state index is -1.22. The highest BCUT2D eigenvalue weighted by atomic mass is 16.6. The number of ether oxygens (including phenoxy) is 2. The maximum absolute atomic E-state index is 13.0. The van der Waals surface area contributed by atoms with Gasteiger partial charge in [-0.2, -0.15) is 5.26 Å². The summed E-state index contributed by atoms with van der Waals surface area (Å²) >= 11 is 0. The Labute approximate surface area is 189 Å². The largest absolute Gasteiger partial charge is 0.436 e. The number of carbonyl (C=O) groups excluding carboxylic acids is 2. The smallest absolute Gasteiger partial charge is 0.408 e. The fourth-order valence-electron chi connectivity index (χ4n) is 3.02. The fourth-order valence-corrected chi connectivity index (χ4v) is 3.02. The lowest BCUT2D eigenvalue weighted by Crippen LogP contribution is -2.52. The van der Waals surface area contributed by atoms with Gasteiger partial charge in [-0.05, 0) is 30.4 Å². The van der Waals surface area contributed by atoms with E-state index in [0.717, 1.165) is 11.1 Å². The molecule has 0 aromatic heterocycles. The number of benzene rings is 2. The minimum Gasteiger partial charge on any atom is -0.436 e. The van der Waals surface area contributed by atoms with Crippen LogP contribution in [0.15, 0.2) is 60.7 Å². The third kappa shape index (κ3) is 8.78. The molecule has 7 heteroatoms. The Bertz CT molecular complexity index is 896. The van der Waals surface area contributed by atoms with Crippen molar-refractivity contribution < 1.29 is 19.1 Å². The molecule has 0 aliphatic heterocycles. The van der Waals surface area contributed by atoms with Gasteiger partial charge in [-0.3, -0.25) is 4.79 Å². The lowest BCUT2D eigenvalue weighted by atomic mass is 10.0. The van der Waals surface area contributed by atoms with Crippen molar-refractivity contribution in [3.05, 3.63) is 71.8 Å². The van der Waals surface area contributed by atoms with E-state index in [9.17, 15) is 14.9 Å². The van der Waals surface area contributed by atoms with E-state index in [1.54, 1.807) is 6.92 Å². The molecule has 0 aliphatic carbocycles. The van der Waals surface area contributed by atoms with Crippen LogP contribution in [-0.2, 0) is 27.4 Å². The second kappa shape index (κ2) is 12.5. The van der Waals surface area contributed by atoms with Crippen LogP contribution in [0.25, 0.3) is 0 Å². The van der Waals surface area contributed by atoms with Gasteiger partial charge in [0.15, 0.2) is 11.8 Å². The molecule has 0 saturated carbocycles. The lowest BCUT2D eigenvalue weighted by molar-refractivity contribution is -0.142. The van der Waals surface area contributed by atoms with Crippen molar-refractivity contribution in [1.29, 1.82) is 5.26 Å². The van der Waals surface area contributed by atoms with Crippen molar-refractivity contribution in [3.63, 3.8) is 0 Å². The summed E-state index contributed by atoms with van der Waals surface area (Å²) in [6, 6.07) is 20.9. The molecule has 170 valence electrons. The molecule has 0 radical (unpaired) electrons. The van der Waals surface area contributed by atoms with Crippen molar-refractivity contribution in [2.45, 2.75) is 58.6 Å². The number of nitrogens with one attached hydrogen (secondary N) is 2. The first-order chi connectivity index (χ1) is 15.3. The lowest BCUT2D eigenvalue weighted by Gasteiger charge is -2.31. The van der Waals surface area contributed by atoms with Crippen LogP contribution in [0.1, 0.15) is 44.7 Å². The molecule has 2 aromatic carbocycles. The molecular weight excluding hydrogens is 406 g/mol. The maximum Gasteiger partial charge on any atom is 0.408 e. The first-order valence-electron chi connectivity index (χ1n) is 10.7. The van der Waals surface area contributed by atoms with Crippen LogP contribution < -0.4 is 10.6 Å². The normalized spacial score (nSPS) is 13.5. The molecule has 2 atom stereocenters. The Hall–Kier alpha value is -3.37. The third-order valence-corrected chi connectivity index (χ3v) is 4.71. The monoisotopic (exact) mass is 437 g/mol. The Morgan fingerprint density at radius 1 is 1.03 bits per heavy atom. The predicted octanol–water partition coefficient (Wildman–Crippen LogP) is 4.29. The zero-order chi connectivity index (χ0) is 23.4. The van der Waals surface area contributed by atoms with Gasteiger partial charge in [0, 0.05) is 6.54 Å². The molecule has 0 aliphatic rings. The van der Waals surface area contributed by atoms with Gasteiger partial charge in [0.25, 0.3) is 5.91 Å². The van der Waals surface area contributed by atoms with E-state index in [1.807, 2.05) is 80.6 Å². The van der Waals surface area contributed by atoms with Gasteiger partial charge < -0.3 is 20.1 Å². The Morgan fingerprint density at radius 2 is 1.62 bits per heavy atom. The standard InChI is InChI=1S/C25H31N3O4/c1-19(2)16-22(32-24(30)27-17-20-10-6-4-7-11-20)23(29)28-25(3,14-15-26)31-18-21-12-8-5-9-13-21/h4-13,19,22H,14,16-18H2,1-3H3,(H,27,30)(H,28,29). The van der Waals surface area contributed by atoms with Crippen LogP contribution in [0.5, 0.6) is 0 Å². The average molecular weight is 438 g/mol. The van der Waals surface area contributed by atoms with Crippen molar-refractivity contribution in [2.75, 3.05) is 0 Å². The summed E-state index contributed by atoms with van der Waals surface area (Å²) in [4.78, 5) is 25.3. The second-order valence-corrected chi connectivity index (χ2v) is 8.19. The molecule has 2 rings (SSSR count). The summed E-state index contributed by atoms with van der Waals surface area (Å²) in [6.07, 6.45) is -1.41. The van der Waals surface area contributed by atoms with E-state index in [4.69, 9.17) is 9.47 Å². The molecule has 2 aromatic rings. The van der Waals surface area contributed by atoms with E-state index in [2.05, 4.69) is 10.6 Å². The molecule has 0 bridgehead atoms. The summed E-state index contributed by atoms with van der Waals surface area (Å²) in [5, 5.41) is 14.7. The van der Waals surface area contributed by atoms with Crippen LogP contribution >= 0.6 is 0 Å². The van der Waals surface area contributed by atoms with Crippen molar-refractivity contribution >= 4 is 12.0 Å².